The first kappa shape index (κ1) is 13.4. The van der Waals surface area contributed by atoms with Gasteiger partial charge in [-0.2, -0.15) is 11.8 Å². The van der Waals surface area contributed by atoms with Crippen LogP contribution < -0.4 is 0 Å². The van der Waals surface area contributed by atoms with Crippen LogP contribution in [0.5, 0.6) is 0 Å². The van der Waals surface area contributed by atoms with Gasteiger partial charge in [-0.15, -0.1) is 0 Å². The van der Waals surface area contributed by atoms with Crippen LogP contribution >= 0.6 is 11.8 Å². The van der Waals surface area contributed by atoms with Crippen LogP contribution in [0, 0.1) is 0 Å². The number of hydrogen-bond acceptors (Lipinski definition) is 2. The second kappa shape index (κ2) is 6.26. The van der Waals surface area contributed by atoms with E-state index in [1.807, 2.05) is 36.0 Å². The zero-order valence-electron chi connectivity index (χ0n) is 11.0. The molecule has 0 fully saturated rings. The third kappa shape index (κ3) is 3.06. The lowest BCUT2D eigenvalue weighted by Gasteiger charge is -2.15. The van der Waals surface area contributed by atoms with Gasteiger partial charge < -0.3 is 5.11 Å². The topological polar surface area (TPSA) is 20.2 Å². The first-order valence-electron chi connectivity index (χ1n) is 6.49. The number of fused-ring (bicyclic) bond motifs is 1. The number of benzene rings is 2. The number of thioether (sulfide) groups is 1. The molecule has 96 valence electrons. The molecular formula is C16H20OS. The molecule has 1 N–H and O–H groups in total. The van der Waals surface area contributed by atoms with Crippen LogP contribution in [0.3, 0.4) is 0 Å². The van der Waals surface area contributed by atoms with Crippen LogP contribution in [-0.2, 0) is 0 Å². The SMILES string of the molecule is CCC(C)SCC(O)c1cccc2ccccc12. The molecule has 0 bridgehead atoms. The maximum absolute atomic E-state index is 10.3. The normalized spacial score (nSPS) is 14.6. The molecule has 0 heterocycles. The summed E-state index contributed by atoms with van der Waals surface area (Å²) in [6.07, 6.45) is 0.766. The first-order chi connectivity index (χ1) is 8.72. The summed E-state index contributed by atoms with van der Waals surface area (Å²) in [5, 5.41) is 13.3. The number of aliphatic hydroxyl groups excluding tert-OH is 1. The van der Waals surface area contributed by atoms with E-state index in [9.17, 15) is 5.11 Å². The average Bonchev–Trinajstić information content (AvgIpc) is 2.43. The standard InChI is InChI=1S/C16H20OS/c1-3-12(2)18-11-16(17)15-10-6-8-13-7-4-5-9-14(13)15/h4-10,12,16-17H,3,11H2,1-2H3. The van der Waals surface area contributed by atoms with Crippen molar-refractivity contribution in [2.75, 3.05) is 5.75 Å². The van der Waals surface area contributed by atoms with Crippen molar-refractivity contribution in [1.82, 2.24) is 0 Å². The minimum absolute atomic E-state index is 0.380. The molecule has 2 heteroatoms. The molecule has 0 aliphatic rings. The Morgan fingerprint density at radius 2 is 1.83 bits per heavy atom. The first-order valence-corrected chi connectivity index (χ1v) is 7.54. The van der Waals surface area contributed by atoms with Gasteiger partial charge >= 0.3 is 0 Å². The van der Waals surface area contributed by atoms with Crippen molar-refractivity contribution < 1.29 is 5.11 Å². The third-order valence-electron chi connectivity index (χ3n) is 3.30. The van der Waals surface area contributed by atoms with E-state index >= 15 is 0 Å². The lowest BCUT2D eigenvalue weighted by Crippen LogP contribution is -2.05. The molecular weight excluding hydrogens is 240 g/mol. The molecule has 1 nitrogen and oxygen atoms in total. The molecule has 0 aliphatic carbocycles. The summed E-state index contributed by atoms with van der Waals surface area (Å²) in [6.45, 7) is 4.39. The molecule has 0 saturated carbocycles. The van der Waals surface area contributed by atoms with Crippen LogP contribution in [0.4, 0.5) is 0 Å². The van der Waals surface area contributed by atoms with Gasteiger partial charge in [-0.1, -0.05) is 56.3 Å². The van der Waals surface area contributed by atoms with Crippen molar-refractivity contribution in [2.45, 2.75) is 31.6 Å². The summed E-state index contributed by atoms with van der Waals surface area (Å²) < 4.78 is 0. The largest absolute Gasteiger partial charge is 0.388 e. The van der Waals surface area contributed by atoms with Crippen LogP contribution in [-0.4, -0.2) is 16.1 Å². The molecule has 2 unspecified atom stereocenters. The fourth-order valence-electron chi connectivity index (χ4n) is 2.00. The van der Waals surface area contributed by atoms with Gasteiger partial charge in [0, 0.05) is 11.0 Å². The van der Waals surface area contributed by atoms with Crippen LogP contribution in [0.1, 0.15) is 31.9 Å². The van der Waals surface area contributed by atoms with Crippen molar-refractivity contribution in [3.05, 3.63) is 48.0 Å². The molecule has 0 aliphatic heterocycles. The monoisotopic (exact) mass is 260 g/mol. The van der Waals surface area contributed by atoms with Gasteiger partial charge in [-0.3, -0.25) is 0 Å². The maximum Gasteiger partial charge on any atom is 0.0886 e. The number of rotatable bonds is 5. The Bertz CT molecular complexity index is 504. The molecule has 0 radical (unpaired) electrons. The minimum atomic E-state index is -0.380. The highest BCUT2D eigenvalue weighted by molar-refractivity contribution is 7.99. The van der Waals surface area contributed by atoms with Gasteiger partial charge in [-0.05, 0) is 22.8 Å². The summed E-state index contributed by atoms with van der Waals surface area (Å²) in [5.74, 6) is 0.767. The van der Waals surface area contributed by atoms with Gasteiger partial charge in [0.2, 0.25) is 0 Å². The highest BCUT2D eigenvalue weighted by atomic mass is 32.2. The number of aliphatic hydroxyl groups is 1. The molecule has 2 rings (SSSR count). The van der Waals surface area contributed by atoms with Gasteiger partial charge in [0.1, 0.15) is 0 Å². The lowest BCUT2D eigenvalue weighted by molar-refractivity contribution is 0.205. The van der Waals surface area contributed by atoms with E-state index in [-0.39, 0.29) is 6.10 Å². The molecule has 0 amide bonds. The Labute approximate surface area is 113 Å². The second-order valence-electron chi connectivity index (χ2n) is 4.64. The van der Waals surface area contributed by atoms with E-state index < -0.39 is 0 Å². The zero-order chi connectivity index (χ0) is 13.0. The van der Waals surface area contributed by atoms with E-state index in [1.165, 1.54) is 5.39 Å². The smallest absolute Gasteiger partial charge is 0.0886 e. The van der Waals surface area contributed by atoms with Gasteiger partial charge in [0.05, 0.1) is 6.10 Å². The minimum Gasteiger partial charge on any atom is -0.388 e. The third-order valence-corrected chi connectivity index (χ3v) is 4.71. The summed E-state index contributed by atoms with van der Waals surface area (Å²) in [5.41, 5.74) is 1.05. The molecule has 18 heavy (non-hydrogen) atoms. The highest BCUT2D eigenvalue weighted by Crippen LogP contribution is 2.28. The molecule has 0 aromatic heterocycles. The Kier molecular flexibility index (Phi) is 4.67. The van der Waals surface area contributed by atoms with Crippen LogP contribution in [0.25, 0.3) is 10.8 Å². The molecule has 0 saturated heterocycles. The van der Waals surface area contributed by atoms with Crippen molar-refractivity contribution in [3.8, 4) is 0 Å². The average molecular weight is 260 g/mol. The van der Waals surface area contributed by atoms with Gasteiger partial charge in [0.25, 0.3) is 0 Å². The summed E-state index contributed by atoms with van der Waals surface area (Å²) in [4.78, 5) is 0. The van der Waals surface area contributed by atoms with Crippen molar-refractivity contribution in [3.63, 3.8) is 0 Å². The van der Waals surface area contributed by atoms with Gasteiger partial charge in [-0.25, -0.2) is 0 Å². The number of hydrogen-bond donors (Lipinski definition) is 1. The highest BCUT2D eigenvalue weighted by Gasteiger charge is 2.12. The van der Waals surface area contributed by atoms with Crippen molar-refractivity contribution in [1.29, 1.82) is 0 Å². The Hall–Kier alpha value is -0.990. The van der Waals surface area contributed by atoms with Crippen LogP contribution in [0.2, 0.25) is 0 Å². The zero-order valence-corrected chi connectivity index (χ0v) is 11.8. The molecule has 2 aromatic rings. The van der Waals surface area contributed by atoms with E-state index in [0.717, 1.165) is 23.1 Å². The lowest BCUT2D eigenvalue weighted by atomic mass is 10.0. The van der Waals surface area contributed by atoms with E-state index in [2.05, 4.69) is 32.0 Å². The van der Waals surface area contributed by atoms with Crippen molar-refractivity contribution >= 4 is 22.5 Å². The molecule has 0 spiro atoms. The van der Waals surface area contributed by atoms with E-state index in [1.54, 1.807) is 0 Å². The fraction of sp³-hybridized carbons (Fsp3) is 0.375. The fourth-order valence-corrected chi connectivity index (χ4v) is 2.93. The second-order valence-corrected chi connectivity index (χ2v) is 6.11. The van der Waals surface area contributed by atoms with Gasteiger partial charge in [0.15, 0.2) is 0 Å². The maximum atomic E-state index is 10.3. The summed E-state index contributed by atoms with van der Waals surface area (Å²) in [6, 6.07) is 14.4. The van der Waals surface area contributed by atoms with Crippen molar-refractivity contribution in [2.24, 2.45) is 0 Å². The Balaban J connectivity index is 2.19. The van der Waals surface area contributed by atoms with Crippen LogP contribution in [0.15, 0.2) is 42.5 Å². The Morgan fingerprint density at radius 3 is 2.61 bits per heavy atom. The van der Waals surface area contributed by atoms with E-state index in [4.69, 9.17) is 0 Å². The Morgan fingerprint density at radius 1 is 1.11 bits per heavy atom. The summed E-state index contributed by atoms with van der Waals surface area (Å²) >= 11 is 1.84. The predicted molar refractivity (Wildman–Crippen MR) is 81.1 cm³/mol. The molecule has 2 atom stereocenters. The quantitative estimate of drug-likeness (QED) is 0.859. The summed E-state index contributed by atoms with van der Waals surface area (Å²) in [7, 11) is 0. The predicted octanol–water partition coefficient (Wildman–Crippen LogP) is 4.40. The van der Waals surface area contributed by atoms with E-state index in [0.29, 0.717) is 5.25 Å². The molecule has 2 aromatic carbocycles.